The van der Waals surface area contributed by atoms with E-state index < -0.39 is 0 Å². The minimum Gasteiger partial charge on any atom is -0.494 e. The highest BCUT2D eigenvalue weighted by molar-refractivity contribution is 5.20. The third-order valence-electron chi connectivity index (χ3n) is 5.81. The second-order valence-electron chi connectivity index (χ2n) is 7.33. The van der Waals surface area contributed by atoms with Crippen molar-refractivity contribution in [1.29, 1.82) is 0 Å². The second-order valence-corrected chi connectivity index (χ2v) is 7.33. The van der Waals surface area contributed by atoms with Gasteiger partial charge in [-0.05, 0) is 80.2 Å². The predicted molar refractivity (Wildman–Crippen MR) is 77.2 cm³/mol. The van der Waals surface area contributed by atoms with Crippen molar-refractivity contribution in [2.24, 2.45) is 23.2 Å². The Kier molecular flexibility index (Phi) is 2.82. The minimum absolute atomic E-state index is 0.656. The summed E-state index contributed by atoms with van der Waals surface area (Å²) in [5.74, 6) is 4.21. The van der Waals surface area contributed by atoms with Gasteiger partial charge in [-0.25, -0.2) is 0 Å². The fourth-order valence-electron chi connectivity index (χ4n) is 5.50. The predicted octanol–water partition coefficient (Wildman–Crippen LogP) is 4.67. The molecule has 19 heavy (non-hydrogen) atoms. The van der Waals surface area contributed by atoms with Crippen molar-refractivity contribution in [3.05, 3.63) is 30.3 Å². The van der Waals surface area contributed by atoms with Gasteiger partial charge in [0.05, 0.1) is 6.61 Å². The van der Waals surface area contributed by atoms with Crippen LogP contribution in [-0.4, -0.2) is 6.61 Å². The van der Waals surface area contributed by atoms with E-state index in [-0.39, 0.29) is 0 Å². The van der Waals surface area contributed by atoms with Crippen LogP contribution in [0.15, 0.2) is 30.3 Å². The third kappa shape index (κ3) is 2.28. The van der Waals surface area contributed by atoms with Crippen LogP contribution < -0.4 is 4.74 Å². The summed E-state index contributed by atoms with van der Waals surface area (Å²) in [4.78, 5) is 0. The molecule has 4 saturated carbocycles. The Morgan fingerprint density at radius 1 is 0.895 bits per heavy atom. The number of ether oxygens (including phenoxy) is 1. The number of hydrogen-bond donors (Lipinski definition) is 0. The zero-order valence-electron chi connectivity index (χ0n) is 11.7. The topological polar surface area (TPSA) is 9.23 Å². The summed E-state index contributed by atoms with van der Waals surface area (Å²) >= 11 is 0. The molecule has 0 atom stereocenters. The Morgan fingerprint density at radius 3 is 2.05 bits per heavy atom. The molecule has 4 aliphatic rings. The Morgan fingerprint density at radius 2 is 1.47 bits per heavy atom. The molecule has 1 aromatic rings. The van der Waals surface area contributed by atoms with Gasteiger partial charge < -0.3 is 4.74 Å². The van der Waals surface area contributed by atoms with E-state index in [2.05, 4.69) is 24.3 Å². The van der Waals surface area contributed by atoms with Crippen LogP contribution >= 0.6 is 0 Å². The molecule has 1 aromatic carbocycles. The van der Waals surface area contributed by atoms with Crippen molar-refractivity contribution in [3.63, 3.8) is 0 Å². The standard InChI is InChI=1S/C18H24O/c1-2-4-17(5-3-1)19-7-6-18-11-14-8-15(12-18)10-16(9-14)13-18/h1-5,14-16H,6-13H2. The van der Waals surface area contributed by atoms with E-state index in [9.17, 15) is 0 Å². The monoisotopic (exact) mass is 256 g/mol. The van der Waals surface area contributed by atoms with Gasteiger partial charge in [0, 0.05) is 0 Å². The maximum atomic E-state index is 5.95. The van der Waals surface area contributed by atoms with Crippen LogP contribution in [0, 0.1) is 23.2 Å². The summed E-state index contributed by atoms with van der Waals surface area (Å²) in [6, 6.07) is 10.3. The third-order valence-corrected chi connectivity index (χ3v) is 5.81. The molecule has 4 bridgehead atoms. The van der Waals surface area contributed by atoms with E-state index >= 15 is 0 Å². The van der Waals surface area contributed by atoms with Crippen LogP contribution in [0.4, 0.5) is 0 Å². The molecule has 4 aliphatic carbocycles. The van der Waals surface area contributed by atoms with Crippen LogP contribution in [0.3, 0.4) is 0 Å². The molecule has 0 amide bonds. The molecular formula is C18H24O. The number of para-hydroxylation sites is 1. The van der Waals surface area contributed by atoms with Gasteiger partial charge in [-0.1, -0.05) is 18.2 Å². The molecule has 0 heterocycles. The quantitative estimate of drug-likeness (QED) is 0.760. The van der Waals surface area contributed by atoms with E-state index in [0.29, 0.717) is 5.41 Å². The van der Waals surface area contributed by atoms with Crippen LogP contribution in [0.5, 0.6) is 5.75 Å². The summed E-state index contributed by atoms with van der Waals surface area (Å²) in [6.07, 6.45) is 10.4. The molecule has 0 unspecified atom stereocenters. The Hall–Kier alpha value is -0.980. The molecule has 0 N–H and O–H groups in total. The van der Waals surface area contributed by atoms with Gasteiger partial charge in [0.2, 0.25) is 0 Å². The first-order chi connectivity index (χ1) is 9.31. The average molecular weight is 256 g/mol. The molecule has 4 fully saturated rings. The van der Waals surface area contributed by atoms with Crippen LogP contribution in [0.2, 0.25) is 0 Å². The lowest BCUT2D eigenvalue weighted by Gasteiger charge is -2.57. The summed E-state index contributed by atoms with van der Waals surface area (Å²) < 4.78 is 5.95. The molecule has 0 radical (unpaired) electrons. The maximum Gasteiger partial charge on any atom is 0.119 e. The highest BCUT2D eigenvalue weighted by Crippen LogP contribution is 2.61. The fourth-order valence-corrected chi connectivity index (χ4v) is 5.50. The van der Waals surface area contributed by atoms with Gasteiger partial charge in [-0.2, -0.15) is 0 Å². The first-order valence-corrected chi connectivity index (χ1v) is 7.99. The van der Waals surface area contributed by atoms with Crippen molar-refractivity contribution >= 4 is 0 Å². The lowest BCUT2D eigenvalue weighted by atomic mass is 9.49. The fraction of sp³-hybridized carbons (Fsp3) is 0.667. The highest BCUT2D eigenvalue weighted by Gasteiger charge is 2.50. The van der Waals surface area contributed by atoms with Crippen molar-refractivity contribution in [1.82, 2.24) is 0 Å². The van der Waals surface area contributed by atoms with E-state index in [1.165, 1.54) is 44.9 Å². The van der Waals surface area contributed by atoms with Gasteiger partial charge in [0.15, 0.2) is 0 Å². The Bertz CT molecular complexity index is 401. The molecular weight excluding hydrogens is 232 g/mol. The van der Waals surface area contributed by atoms with Gasteiger partial charge >= 0.3 is 0 Å². The van der Waals surface area contributed by atoms with Gasteiger partial charge in [-0.3, -0.25) is 0 Å². The molecule has 102 valence electrons. The van der Waals surface area contributed by atoms with Crippen LogP contribution in [0.25, 0.3) is 0 Å². The maximum absolute atomic E-state index is 5.95. The lowest BCUT2D eigenvalue weighted by Crippen LogP contribution is -2.46. The molecule has 0 saturated heterocycles. The van der Waals surface area contributed by atoms with Gasteiger partial charge in [0.25, 0.3) is 0 Å². The smallest absolute Gasteiger partial charge is 0.119 e. The van der Waals surface area contributed by atoms with Crippen molar-refractivity contribution in [2.45, 2.75) is 44.9 Å². The Balaban J connectivity index is 1.38. The first kappa shape index (κ1) is 11.8. The van der Waals surface area contributed by atoms with Crippen molar-refractivity contribution in [3.8, 4) is 5.75 Å². The lowest BCUT2D eigenvalue weighted by molar-refractivity contribution is -0.0622. The van der Waals surface area contributed by atoms with Gasteiger partial charge in [0.1, 0.15) is 5.75 Å². The first-order valence-electron chi connectivity index (χ1n) is 7.99. The largest absolute Gasteiger partial charge is 0.494 e. The number of rotatable bonds is 4. The average Bonchev–Trinajstić information content (AvgIpc) is 2.38. The van der Waals surface area contributed by atoms with Crippen molar-refractivity contribution in [2.75, 3.05) is 6.61 Å². The second kappa shape index (κ2) is 4.54. The summed E-state index contributed by atoms with van der Waals surface area (Å²) in [7, 11) is 0. The molecule has 0 aliphatic heterocycles. The molecule has 0 aromatic heterocycles. The zero-order valence-corrected chi connectivity index (χ0v) is 11.7. The van der Waals surface area contributed by atoms with Crippen LogP contribution in [-0.2, 0) is 0 Å². The summed E-state index contributed by atoms with van der Waals surface area (Å²) in [5.41, 5.74) is 0.656. The highest BCUT2D eigenvalue weighted by atomic mass is 16.5. The van der Waals surface area contributed by atoms with E-state index in [1.54, 1.807) is 0 Å². The Labute approximate surface area is 116 Å². The number of hydrogen-bond acceptors (Lipinski definition) is 1. The van der Waals surface area contributed by atoms with E-state index in [4.69, 9.17) is 4.74 Å². The number of benzene rings is 1. The normalized spacial score (nSPS) is 39.5. The van der Waals surface area contributed by atoms with Gasteiger partial charge in [-0.15, -0.1) is 0 Å². The molecule has 0 spiro atoms. The minimum atomic E-state index is 0.656. The molecule has 1 heteroatoms. The molecule has 5 rings (SSSR count). The summed E-state index contributed by atoms with van der Waals surface area (Å²) in [5, 5.41) is 0. The summed E-state index contributed by atoms with van der Waals surface area (Å²) in [6.45, 7) is 0.913. The van der Waals surface area contributed by atoms with E-state index in [1.807, 2.05) is 6.07 Å². The zero-order chi connectivity index (χ0) is 12.7. The van der Waals surface area contributed by atoms with Crippen molar-refractivity contribution < 1.29 is 4.74 Å². The van der Waals surface area contributed by atoms with Crippen LogP contribution in [0.1, 0.15) is 44.9 Å². The molecule has 1 nitrogen and oxygen atoms in total. The van der Waals surface area contributed by atoms with E-state index in [0.717, 1.165) is 30.1 Å². The SMILES string of the molecule is c1ccc(OCCC23CC4CC(CC(C4)C2)C3)cc1.